The van der Waals surface area contributed by atoms with E-state index in [4.69, 9.17) is 0 Å². The Labute approximate surface area is 103 Å². The molecule has 0 N–H and O–H groups in total. The van der Waals surface area contributed by atoms with Gasteiger partial charge in [-0.15, -0.1) is 0 Å². The summed E-state index contributed by atoms with van der Waals surface area (Å²) >= 11 is 0. The second kappa shape index (κ2) is 15.7. The standard InChI is InChI=1S/C12H25N.Li.H/c1-3-5-7-9-11-13-12-10-8-6-4-2;;/h11H,3-10,12H2,1-2H3;;/q;+1;-1. The van der Waals surface area contributed by atoms with E-state index < -0.39 is 0 Å². The van der Waals surface area contributed by atoms with Crippen molar-refractivity contribution in [3.8, 4) is 0 Å². The van der Waals surface area contributed by atoms with Crippen LogP contribution < -0.4 is 18.9 Å². The molecule has 0 amide bonds. The summed E-state index contributed by atoms with van der Waals surface area (Å²) in [4.78, 5) is 4.39. The average molecular weight is 191 g/mol. The predicted octanol–water partition coefficient (Wildman–Crippen LogP) is 1.33. The van der Waals surface area contributed by atoms with E-state index in [1.54, 1.807) is 0 Å². The maximum Gasteiger partial charge on any atom is 1.00 e. The van der Waals surface area contributed by atoms with Crippen molar-refractivity contribution in [3.05, 3.63) is 0 Å². The summed E-state index contributed by atoms with van der Waals surface area (Å²) in [5.41, 5.74) is 0. The predicted molar refractivity (Wildman–Crippen MR) is 62.8 cm³/mol. The van der Waals surface area contributed by atoms with Gasteiger partial charge in [0, 0.05) is 6.54 Å². The number of nitrogens with zero attached hydrogens (tertiary/aromatic N) is 1. The van der Waals surface area contributed by atoms with E-state index in [9.17, 15) is 0 Å². The quantitative estimate of drug-likeness (QED) is 0.296. The Morgan fingerprint density at radius 2 is 1.57 bits per heavy atom. The second-order valence-corrected chi connectivity index (χ2v) is 3.65. The molecule has 0 aromatic rings. The third-order valence-electron chi connectivity index (χ3n) is 2.21. The Bertz CT molecular complexity index is 118. The van der Waals surface area contributed by atoms with E-state index in [2.05, 4.69) is 25.1 Å². The van der Waals surface area contributed by atoms with Crippen LogP contribution in [0.2, 0.25) is 0 Å². The largest absolute Gasteiger partial charge is 1.00 e. The number of hydrogen-bond acceptors (Lipinski definition) is 1. The molecule has 0 aromatic heterocycles. The van der Waals surface area contributed by atoms with Crippen LogP contribution in [0, 0.1) is 0 Å². The molecule has 0 spiro atoms. The number of hydrogen-bond donors (Lipinski definition) is 0. The zero-order valence-electron chi connectivity index (χ0n) is 11.4. The molecule has 1 nitrogen and oxygen atoms in total. The van der Waals surface area contributed by atoms with Gasteiger partial charge in [0.2, 0.25) is 0 Å². The molecule has 2 heteroatoms. The van der Waals surface area contributed by atoms with Crippen LogP contribution in [-0.2, 0) is 0 Å². The number of aliphatic imine (C=N–C) groups is 1. The van der Waals surface area contributed by atoms with Crippen molar-refractivity contribution in [2.24, 2.45) is 4.99 Å². The zero-order valence-corrected chi connectivity index (χ0v) is 10.4. The van der Waals surface area contributed by atoms with Crippen LogP contribution >= 0.6 is 0 Å². The molecule has 0 aliphatic carbocycles. The van der Waals surface area contributed by atoms with Gasteiger partial charge < -0.3 is 1.43 Å². The first-order chi connectivity index (χ1) is 6.41. The molecular weight excluding hydrogens is 165 g/mol. The maximum atomic E-state index is 4.39. The van der Waals surface area contributed by atoms with Crippen LogP contribution in [0.4, 0.5) is 0 Å². The first-order valence-electron chi connectivity index (χ1n) is 5.90. The van der Waals surface area contributed by atoms with Crippen LogP contribution in [0.3, 0.4) is 0 Å². The van der Waals surface area contributed by atoms with Crippen molar-refractivity contribution in [1.29, 1.82) is 0 Å². The van der Waals surface area contributed by atoms with Crippen LogP contribution in [-0.4, -0.2) is 12.8 Å². The fraction of sp³-hybridized carbons (Fsp3) is 0.917. The summed E-state index contributed by atoms with van der Waals surface area (Å²) in [5, 5.41) is 0. The molecule has 0 heterocycles. The summed E-state index contributed by atoms with van der Waals surface area (Å²) in [5.74, 6) is 0. The van der Waals surface area contributed by atoms with Crippen molar-refractivity contribution in [2.75, 3.05) is 6.54 Å². The Morgan fingerprint density at radius 3 is 2.21 bits per heavy atom. The van der Waals surface area contributed by atoms with Gasteiger partial charge in [-0.3, -0.25) is 4.99 Å². The summed E-state index contributed by atoms with van der Waals surface area (Å²) < 4.78 is 0. The van der Waals surface area contributed by atoms with Gasteiger partial charge in [0.25, 0.3) is 0 Å². The van der Waals surface area contributed by atoms with E-state index >= 15 is 0 Å². The minimum Gasteiger partial charge on any atom is -1.00 e. The van der Waals surface area contributed by atoms with Gasteiger partial charge in [0.15, 0.2) is 0 Å². The molecule has 0 fully saturated rings. The smallest absolute Gasteiger partial charge is 1.00 e. The first kappa shape index (κ1) is 16.7. The van der Waals surface area contributed by atoms with Crippen LogP contribution in [0.15, 0.2) is 4.99 Å². The molecule has 0 aromatic carbocycles. The summed E-state index contributed by atoms with van der Waals surface area (Å²) in [6.45, 7) is 5.53. The van der Waals surface area contributed by atoms with Gasteiger partial charge in [-0.1, -0.05) is 46.0 Å². The third-order valence-corrected chi connectivity index (χ3v) is 2.21. The molecule has 0 aliphatic rings. The van der Waals surface area contributed by atoms with Crippen molar-refractivity contribution >= 4 is 6.21 Å². The van der Waals surface area contributed by atoms with Gasteiger partial charge in [0.1, 0.15) is 0 Å². The summed E-state index contributed by atoms with van der Waals surface area (Å²) in [6, 6.07) is 0. The molecule has 0 unspecified atom stereocenters. The van der Waals surface area contributed by atoms with E-state index in [1.807, 2.05) is 0 Å². The Morgan fingerprint density at radius 1 is 0.929 bits per heavy atom. The van der Waals surface area contributed by atoms with E-state index in [0.717, 1.165) is 6.54 Å². The molecule has 0 radical (unpaired) electrons. The summed E-state index contributed by atoms with van der Waals surface area (Å²) in [6.07, 6.45) is 12.6. The monoisotopic (exact) mass is 191 g/mol. The molecule has 0 rings (SSSR count). The Balaban J connectivity index is -0.000000720. The third kappa shape index (κ3) is 14.8. The molecule has 0 saturated carbocycles. The van der Waals surface area contributed by atoms with Crippen molar-refractivity contribution < 1.29 is 20.3 Å². The minimum absolute atomic E-state index is 0. The number of rotatable bonds is 9. The topological polar surface area (TPSA) is 12.4 Å². The van der Waals surface area contributed by atoms with Gasteiger partial charge in [-0.2, -0.15) is 0 Å². The molecular formula is C12H26LiN. The minimum atomic E-state index is 0. The fourth-order valence-corrected chi connectivity index (χ4v) is 1.30. The molecule has 0 aliphatic heterocycles. The Hall–Kier alpha value is 0.267. The van der Waals surface area contributed by atoms with Crippen molar-refractivity contribution in [3.63, 3.8) is 0 Å². The zero-order chi connectivity index (χ0) is 9.78. The average Bonchev–Trinajstić information content (AvgIpc) is 2.16. The van der Waals surface area contributed by atoms with Crippen molar-refractivity contribution in [2.45, 2.75) is 65.2 Å². The fourth-order valence-electron chi connectivity index (χ4n) is 1.30. The van der Waals surface area contributed by atoms with E-state index in [0.29, 0.717) is 0 Å². The van der Waals surface area contributed by atoms with Gasteiger partial charge >= 0.3 is 18.9 Å². The molecule has 14 heavy (non-hydrogen) atoms. The molecule has 0 saturated heterocycles. The van der Waals surface area contributed by atoms with Crippen LogP contribution in [0.1, 0.15) is 66.6 Å². The van der Waals surface area contributed by atoms with Crippen LogP contribution in [0.25, 0.3) is 0 Å². The molecule has 0 bridgehead atoms. The van der Waals surface area contributed by atoms with Gasteiger partial charge in [-0.05, 0) is 25.5 Å². The van der Waals surface area contributed by atoms with E-state index in [1.165, 1.54) is 51.4 Å². The van der Waals surface area contributed by atoms with Crippen molar-refractivity contribution in [1.82, 2.24) is 0 Å². The second-order valence-electron chi connectivity index (χ2n) is 3.65. The molecule has 0 atom stereocenters. The number of unbranched alkanes of at least 4 members (excludes halogenated alkanes) is 6. The first-order valence-corrected chi connectivity index (χ1v) is 5.90. The molecule has 80 valence electrons. The van der Waals surface area contributed by atoms with E-state index in [-0.39, 0.29) is 20.3 Å². The SMILES string of the molecule is CCCCCC=NCCCCCC.[H-].[Li+]. The Kier molecular flexibility index (Phi) is 18.7. The van der Waals surface area contributed by atoms with Crippen LogP contribution in [0.5, 0.6) is 0 Å². The maximum absolute atomic E-state index is 4.39. The van der Waals surface area contributed by atoms with Gasteiger partial charge in [-0.25, -0.2) is 0 Å². The normalized spacial score (nSPS) is 10.4. The van der Waals surface area contributed by atoms with Gasteiger partial charge in [0.05, 0.1) is 0 Å². The summed E-state index contributed by atoms with van der Waals surface area (Å²) in [7, 11) is 0.